The van der Waals surface area contributed by atoms with E-state index < -0.39 is 0 Å². The first kappa shape index (κ1) is 19.2. The Morgan fingerprint density at radius 2 is 1.63 bits per heavy atom. The number of nitrogens with one attached hydrogen (secondary N) is 2. The second-order valence-electron chi connectivity index (χ2n) is 6.71. The Hall–Kier alpha value is -2.53. The molecule has 1 aliphatic rings. The van der Waals surface area contributed by atoms with Crippen LogP contribution in [0.5, 0.6) is 5.75 Å². The fourth-order valence-corrected chi connectivity index (χ4v) is 3.21. The number of carbonyl (C=O) groups is 2. The van der Waals surface area contributed by atoms with Crippen molar-refractivity contribution in [2.75, 3.05) is 5.32 Å². The number of benzene rings is 2. The summed E-state index contributed by atoms with van der Waals surface area (Å²) in [6.07, 6.45) is 4.13. The van der Waals surface area contributed by atoms with Gasteiger partial charge in [0.15, 0.2) is 0 Å². The molecule has 2 N–H and O–H groups in total. The van der Waals surface area contributed by atoms with Gasteiger partial charge in [-0.1, -0.05) is 36.6 Å². The molecular formula is C21H23ClN2O3. The lowest BCUT2D eigenvalue weighted by molar-refractivity contribution is -0.127. The number of hydrogen-bond donors (Lipinski definition) is 2. The smallest absolute Gasteiger partial charge is 0.233 e. The van der Waals surface area contributed by atoms with Gasteiger partial charge in [-0.3, -0.25) is 9.59 Å². The Kier molecular flexibility index (Phi) is 6.71. The summed E-state index contributed by atoms with van der Waals surface area (Å²) in [5.41, 5.74) is 1.65. The summed E-state index contributed by atoms with van der Waals surface area (Å²) >= 11 is 5.86. The monoisotopic (exact) mass is 386 g/mol. The van der Waals surface area contributed by atoms with E-state index in [9.17, 15) is 9.59 Å². The summed E-state index contributed by atoms with van der Waals surface area (Å²) in [5, 5.41) is 6.34. The van der Waals surface area contributed by atoms with Crippen LogP contribution in [0.3, 0.4) is 0 Å². The molecule has 142 valence electrons. The second kappa shape index (κ2) is 9.42. The van der Waals surface area contributed by atoms with Gasteiger partial charge < -0.3 is 15.4 Å². The lowest BCUT2D eigenvalue weighted by Crippen LogP contribution is -2.34. The number of anilines is 1. The van der Waals surface area contributed by atoms with Gasteiger partial charge in [0.05, 0.1) is 0 Å². The van der Waals surface area contributed by atoms with Crippen LogP contribution in [-0.4, -0.2) is 17.9 Å². The molecule has 2 aromatic rings. The first-order chi connectivity index (χ1) is 13.1. The minimum absolute atomic E-state index is 0.161. The Balaban J connectivity index is 1.43. The molecule has 0 unspecified atom stereocenters. The quantitative estimate of drug-likeness (QED) is 0.697. The van der Waals surface area contributed by atoms with Crippen molar-refractivity contribution in [1.29, 1.82) is 0 Å². The predicted molar refractivity (Wildman–Crippen MR) is 106 cm³/mol. The number of carbonyl (C=O) groups excluding carboxylic acids is 2. The maximum Gasteiger partial charge on any atom is 0.233 e. The van der Waals surface area contributed by atoms with E-state index in [4.69, 9.17) is 16.3 Å². The van der Waals surface area contributed by atoms with Crippen molar-refractivity contribution in [1.82, 2.24) is 5.32 Å². The third-order valence-electron chi connectivity index (χ3n) is 4.50. The minimum Gasteiger partial charge on any atom is -0.489 e. The molecule has 1 saturated carbocycles. The molecule has 0 aliphatic heterocycles. The first-order valence-electron chi connectivity index (χ1n) is 9.15. The van der Waals surface area contributed by atoms with E-state index in [-0.39, 0.29) is 24.3 Å². The Bertz CT molecular complexity index is 769. The topological polar surface area (TPSA) is 67.4 Å². The van der Waals surface area contributed by atoms with Crippen molar-refractivity contribution in [2.24, 2.45) is 0 Å². The highest BCUT2D eigenvalue weighted by atomic mass is 35.5. The average Bonchev–Trinajstić information content (AvgIpc) is 3.15. The normalized spacial score (nSPS) is 14.0. The number of ether oxygens (including phenoxy) is 1. The third kappa shape index (κ3) is 6.29. The van der Waals surface area contributed by atoms with Gasteiger partial charge >= 0.3 is 0 Å². The predicted octanol–water partition coefficient (Wildman–Crippen LogP) is 4.31. The standard InChI is InChI=1S/C21H23ClN2O3/c22-16-7-5-15(6-8-16)14-27-19-11-9-18(10-12-19)24-21(26)13-20(25)23-17-3-1-2-4-17/h5-12,17H,1-4,13-14H2,(H,23,25)(H,24,26). The van der Waals surface area contributed by atoms with Gasteiger partial charge in [0, 0.05) is 16.8 Å². The van der Waals surface area contributed by atoms with E-state index in [1.807, 2.05) is 24.3 Å². The molecule has 2 amide bonds. The van der Waals surface area contributed by atoms with E-state index in [0.717, 1.165) is 31.2 Å². The molecule has 0 radical (unpaired) electrons. The average molecular weight is 387 g/mol. The Labute approximate surface area is 164 Å². The highest BCUT2D eigenvalue weighted by Crippen LogP contribution is 2.19. The summed E-state index contributed by atoms with van der Waals surface area (Å²) in [4.78, 5) is 23.9. The van der Waals surface area contributed by atoms with E-state index in [1.54, 1.807) is 24.3 Å². The van der Waals surface area contributed by atoms with Crippen LogP contribution in [0.2, 0.25) is 5.02 Å². The van der Waals surface area contributed by atoms with E-state index in [2.05, 4.69) is 10.6 Å². The van der Waals surface area contributed by atoms with Crippen molar-refractivity contribution in [3.05, 3.63) is 59.1 Å². The molecule has 1 aliphatic carbocycles. The highest BCUT2D eigenvalue weighted by Gasteiger charge is 2.18. The zero-order valence-electron chi connectivity index (χ0n) is 15.0. The van der Waals surface area contributed by atoms with Crippen LogP contribution in [0, 0.1) is 0 Å². The third-order valence-corrected chi connectivity index (χ3v) is 4.75. The minimum atomic E-state index is -0.319. The summed E-state index contributed by atoms with van der Waals surface area (Å²) in [5.74, 6) is 0.157. The maximum absolute atomic E-state index is 12.0. The van der Waals surface area contributed by atoms with Crippen molar-refractivity contribution in [3.8, 4) is 5.75 Å². The zero-order valence-corrected chi connectivity index (χ0v) is 15.8. The molecule has 3 rings (SSSR count). The SMILES string of the molecule is O=C(CC(=O)NC1CCCC1)Nc1ccc(OCc2ccc(Cl)cc2)cc1. The molecule has 6 heteroatoms. The molecule has 27 heavy (non-hydrogen) atoms. The number of amides is 2. The fraction of sp³-hybridized carbons (Fsp3) is 0.333. The number of rotatable bonds is 7. The van der Waals surface area contributed by atoms with Crippen LogP contribution in [0.4, 0.5) is 5.69 Å². The molecular weight excluding hydrogens is 364 g/mol. The molecule has 0 bridgehead atoms. The van der Waals surface area contributed by atoms with Crippen LogP contribution >= 0.6 is 11.6 Å². The van der Waals surface area contributed by atoms with Crippen molar-refractivity contribution < 1.29 is 14.3 Å². The number of hydrogen-bond acceptors (Lipinski definition) is 3. The van der Waals surface area contributed by atoms with Crippen LogP contribution in [0.1, 0.15) is 37.7 Å². The van der Waals surface area contributed by atoms with E-state index in [1.165, 1.54) is 0 Å². The summed E-state index contributed by atoms with van der Waals surface area (Å²) in [6.45, 7) is 0.435. The maximum atomic E-state index is 12.0. The summed E-state index contributed by atoms with van der Waals surface area (Å²) < 4.78 is 5.71. The van der Waals surface area contributed by atoms with Crippen LogP contribution in [-0.2, 0) is 16.2 Å². The van der Waals surface area contributed by atoms with Gasteiger partial charge in [-0.15, -0.1) is 0 Å². The van der Waals surface area contributed by atoms with Gasteiger partial charge in [-0.25, -0.2) is 0 Å². The molecule has 2 aromatic carbocycles. The molecule has 0 heterocycles. The highest BCUT2D eigenvalue weighted by molar-refractivity contribution is 6.30. The van der Waals surface area contributed by atoms with Gasteiger partial charge in [-0.05, 0) is 54.8 Å². The molecule has 1 fully saturated rings. The second-order valence-corrected chi connectivity index (χ2v) is 7.15. The fourth-order valence-electron chi connectivity index (χ4n) is 3.08. The van der Waals surface area contributed by atoms with E-state index >= 15 is 0 Å². The summed E-state index contributed by atoms with van der Waals surface area (Å²) in [6, 6.07) is 14.8. The zero-order chi connectivity index (χ0) is 19.1. The molecule has 5 nitrogen and oxygen atoms in total. The number of halogens is 1. The van der Waals surface area contributed by atoms with Gasteiger partial charge in [0.25, 0.3) is 0 Å². The van der Waals surface area contributed by atoms with Crippen molar-refractivity contribution >= 4 is 29.1 Å². The van der Waals surface area contributed by atoms with Gasteiger partial charge in [-0.2, -0.15) is 0 Å². The van der Waals surface area contributed by atoms with Gasteiger partial charge in [0.1, 0.15) is 18.8 Å². The Morgan fingerprint density at radius 3 is 2.30 bits per heavy atom. The first-order valence-corrected chi connectivity index (χ1v) is 9.53. The van der Waals surface area contributed by atoms with E-state index in [0.29, 0.717) is 23.1 Å². The van der Waals surface area contributed by atoms with Crippen LogP contribution < -0.4 is 15.4 Å². The largest absolute Gasteiger partial charge is 0.489 e. The van der Waals surface area contributed by atoms with Crippen LogP contribution in [0.15, 0.2) is 48.5 Å². The Morgan fingerprint density at radius 1 is 0.963 bits per heavy atom. The lowest BCUT2D eigenvalue weighted by atomic mass is 10.2. The van der Waals surface area contributed by atoms with Crippen molar-refractivity contribution in [2.45, 2.75) is 44.8 Å². The molecule has 0 aromatic heterocycles. The lowest BCUT2D eigenvalue weighted by Gasteiger charge is -2.12. The van der Waals surface area contributed by atoms with Crippen molar-refractivity contribution in [3.63, 3.8) is 0 Å². The van der Waals surface area contributed by atoms with Crippen LogP contribution in [0.25, 0.3) is 0 Å². The molecule has 0 spiro atoms. The van der Waals surface area contributed by atoms with Gasteiger partial charge in [0.2, 0.25) is 11.8 Å². The summed E-state index contributed by atoms with van der Waals surface area (Å²) in [7, 11) is 0. The molecule has 0 atom stereocenters. The molecule has 0 saturated heterocycles.